The van der Waals surface area contributed by atoms with E-state index in [-0.39, 0.29) is 0 Å². The van der Waals surface area contributed by atoms with Gasteiger partial charge in [-0.3, -0.25) is 0 Å². The van der Waals surface area contributed by atoms with Crippen LogP contribution in [0.25, 0.3) is 0 Å². The Bertz CT molecular complexity index is 1030. The summed E-state index contributed by atoms with van der Waals surface area (Å²) in [6.07, 6.45) is 0. The summed E-state index contributed by atoms with van der Waals surface area (Å²) in [6, 6.07) is 5.71. The first kappa shape index (κ1) is 42.0. The van der Waals surface area contributed by atoms with Crippen molar-refractivity contribution in [1.29, 1.82) is 0 Å². The van der Waals surface area contributed by atoms with Crippen molar-refractivity contribution in [3.63, 3.8) is 0 Å². The van der Waals surface area contributed by atoms with Crippen molar-refractivity contribution < 1.29 is 4.43 Å². The highest BCUT2D eigenvalue weighted by atomic mass is 79.9. The predicted octanol–water partition coefficient (Wildman–Crippen LogP) is 11.9. The van der Waals surface area contributed by atoms with E-state index < -0.39 is 64.2 Å². The summed E-state index contributed by atoms with van der Waals surface area (Å²) in [7, 11) is -13.0. The maximum Gasteiger partial charge on any atom is 0.399 e. The van der Waals surface area contributed by atoms with Crippen LogP contribution < -0.4 is 5.19 Å². The highest BCUT2D eigenvalue weighted by molar-refractivity contribution is 9.24. The number of hydrogen-bond acceptors (Lipinski definition) is 1. The van der Waals surface area contributed by atoms with Crippen LogP contribution >= 0.6 is 15.3 Å². The zero-order valence-electron chi connectivity index (χ0n) is 32.8. The van der Waals surface area contributed by atoms with E-state index in [1.807, 2.05) is 6.92 Å². The first-order chi connectivity index (χ1) is 18.5. The minimum atomic E-state index is -1.70. The molecule has 1 nitrogen and oxygen atoms in total. The second-order valence-electron chi connectivity index (χ2n) is 20.9. The normalized spacial score (nSPS) is 15.1. The van der Waals surface area contributed by atoms with Crippen LogP contribution in [0, 0.1) is 0 Å². The third-order valence-electron chi connectivity index (χ3n) is 9.55. The third kappa shape index (κ3) is 8.91. The van der Waals surface area contributed by atoms with Crippen LogP contribution in [-0.2, 0) is 8.71 Å². The van der Waals surface area contributed by atoms with Gasteiger partial charge in [-0.2, -0.15) is 0 Å². The molecule has 0 amide bonds. The van der Waals surface area contributed by atoms with Gasteiger partial charge in [-0.25, -0.2) is 0 Å². The van der Waals surface area contributed by atoms with Crippen molar-refractivity contribution in [1.82, 2.24) is 0 Å². The number of allylic oxidation sites excluding steroid dienone is 1. The van der Waals surface area contributed by atoms with Crippen molar-refractivity contribution in [2.24, 2.45) is 0 Å². The summed E-state index contributed by atoms with van der Waals surface area (Å²) in [5.41, 5.74) is 5.14. The molecule has 249 valence electrons. The van der Waals surface area contributed by atoms with E-state index in [2.05, 4.69) is 171 Å². The molecule has 0 fully saturated rings. The Kier molecular flexibility index (Phi) is 12.8. The molecular weight excluding hydrogens is 717 g/mol. The van der Waals surface area contributed by atoms with E-state index >= 15 is 0 Å². The Hall–Kier alpha value is 0.975. The average Bonchev–Trinajstić information content (AvgIpc) is 2.58. The van der Waals surface area contributed by atoms with Crippen molar-refractivity contribution in [3.8, 4) is 0 Å². The Morgan fingerprint density at radius 3 is 1.05 bits per heavy atom. The fraction of sp³-hybridized carbons (Fsp3) is 0.758. The molecule has 0 N–H and O–H groups in total. The molecule has 43 heavy (non-hydrogen) atoms. The summed E-state index contributed by atoms with van der Waals surface area (Å²) < 4.78 is 7.05. The van der Waals surface area contributed by atoms with Gasteiger partial charge >= 0.3 is 7.66 Å². The van der Waals surface area contributed by atoms with Crippen LogP contribution in [0.1, 0.15) is 33.9 Å². The molecule has 1 aromatic rings. The van der Waals surface area contributed by atoms with Gasteiger partial charge in [-0.05, 0) is 43.4 Å². The van der Waals surface area contributed by atoms with E-state index in [9.17, 15) is 0 Å². The zero-order chi connectivity index (χ0) is 34.7. The minimum absolute atomic E-state index is 0.344. The van der Waals surface area contributed by atoms with Gasteiger partial charge in [0.15, 0.2) is 0 Å². The van der Waals surface area contributed by atoms with E-state index in [4.69, 9.17) is 4.43 Å². The zero-order valence-corrected chi connectivity index (χ0v) is 42.4. The number of hydrogen-bond donors (Lipinski definition) is 0. The fourth-order valence-corrected chi connectivity index (χ4v) is 70.5. The summed E-state index contributed by atoms with van der Waals surface area (Å²) >= 11 is 4.29. The van der Waals surface area contributed by atoms with Gasteiger partial charge in [0.1, 0.15) is 0 Å². The Morgan fingerprint density at radius 1 is 0.605 bits per heavy atom. The summed E-state index contributed by atoms with van der Waals surface area (Å²) in [4.78, 5) is 0. The van der Waals surface area contributed by atoms with Gasteiger partial charge in [-0.15, -0.1) is 0 Å². The first-order valence-electron chi connectivity index (χ1n) is 16.6. The van der Waals surface area contributed by atoms with Crippen molar-refractivity contribution in [3.05, 3.63) is 41.2 Å². The second-order valence-corrected chi connectivity index (χ2v) is 64.0. The van der Waals surface area contributed by atoms with Crippen LogP contribution in [0.4, 0.5) is 0 Å². The van der Waals surface area contributed by atoms with Crippen molar-refractivity contribution in [2.45, 2.75) is 159 Å². The topological polar surface area (TPSA) is 9.23 Å². The Labute approximate surface area is 287 Å². The maximum atomic E-state index is 6.71. The quantitative estimate of drug-likeness (QED) is 0.110. The third-order valence-corrected chi connectivity index (χ3v) is 52.4. The van der Waals surface area contributed by atoms with Gasteiger partial charge in [0.05, 0.1) is 5.76 Å². The van der Waals surface area contributed by atoms with Crippen LogP contribution in [0.5, 0.6) is 0 Å². The summed E-state index contributed by atoms with van der Waals surface area (Å²) in [5, 5.41) is 2.90. The van der Waals surface area contributed by atoms with Crippen LogP contribution in [0.15, 0.2) is 24.5 Å². The lowest BCUT2D eigenvalue weighted by molar-refractivity contribution is 0.462. The van der Waals surface area contributed by atoms with Gasteiger partial charge in [-0.1, -0.05) is 171 Å². The summed E-state index contributed by atoms with van der Waals surface area (Å²) in [6.45, 7) is 62.4. The van der Waals surface area contributed by atoms with E-state index in [0.717, 1.165) is 5.76 Å². The molecule has 0 unspecified atom stereocenters. The second kappa shape index (κ2) is 13.1. The van der Waals surface area contributed by atoms with E-state index in [1.54, 1.807) is 21.9 Å². The molecule has 10 heteroatoms. The number of halogens is 1. The minimum Gasteiger partial charge on any atom is -0.532 e. The molecule has 0 atom stereocenters. The molecule has 0 aliphatic carbocycles. The smallest absolute Gasteiger partial charge is 0.399 e. The molecule has 0 bridgehead atoms. The van der Waals surface area contributed by atoms with E-state index in [0.29, 0.717) is 14.6 Å². The lowest BCUT2D eigenvalue weighted by atomic mass is 10.1. The molecular formula is C33H72BrOSi8. The fourth-order valence-electron chi connectivity index (χ4n) is 10.9. The van der Waals surface area contributed by atoms with Crippen molar-refractivity contribution >= 4 is 84.7 Å². The van der Waals surface area contributed by atoms with Crippen LogP contribution in [0.3, 0.4) is 0 Å². The molecule has 0 aromatic heterocycles. The summed E-state index contributed by atoms with van der Waals surface area (Å²) in [5.74, 6) is 0.836. The van der Waals surface area contributed by atoms with Gasteiger partial charge < -0.3 is 4.43 Å². The highest BCUT2D eigenvalue weighted by Crippen LogP contribution is 2.51. The first-order valence-corrected chi connectivity index (χ1v) is 45.1. The standard InChI is InChI=1S/C33H72BrOSi8/c1-26(2)35-36(34)30-28(31(37(3,4)5)38(6,7)8)24-27(25-29(30)32(39(9,10)11)40(12,13)14)33(41(15,16)17,42(18,19)20)43(21,22)23/h24-25,31-32H,1H2,2-23H3. The highest BCUT2D eigenvalue weighted by Gasteiger charge is 2.61. The average molecular weight is 790 g/mol. The molecule has 0 aliphatic heterocycles. The molecule has 1 rings (SSSR count). The monoisotopic (exact) mass is 787 g/mol. The lowest BCUT2D eigenvalue weighted by Gasteiger charge is -2.60. The van der Waals surface area contributed by atoms with Gasteiger partial charge in [0.2, 0.25) is 0 Å². The van der Waals surface area contributed by atoms with Gasteiger partial charge in [0.25, 0.3) is 0 Å². The maximum absolute atomic E-state index is 6.71. The Balaban J connectivity index is 5.00. The molecule has 0 heterocycles. The van der Waals surface area contributed by atoms with E-state index in [1.165, 1.54) is 0 Å². The van der Waals surface area contributed by atoms with Crippen molar-refractivity contribution in [2.75, 3.05) is 0 Å². The molecule has 0 saturated carbocycles. The molecule has 1 radical (unpaired) electrons. The lowest BCUT2D eigenvalue weighted by Crippen LogP contribution is -2.74. The molecule has 0 aliphatic rings. The van der Waals surface area contributed by atoms with Gasteiger partial charge in [0, 0.05) is 56.5 Å². The number of rotatable bonds is 13. The molecule has 1 aromatic carbocycles. The SMILES string of the molecule is C=C(C)O[Si](Br)c1c(C([Si](C)(C)C)[Si](C)(C)C)cc(C([Si](C)(C)C)([Si](C)(C)C)[Si](C)(C)C)cc1C([Si](C)(C)C)[Si](C)(C)C. The molecule has 0 spiro atoms. The Morgan fingerprint density at radius 2 is 0.860 bits per heavy atom. The largest absolute Gasteiger partial charge is 0.532 e. The van der Waals surface area contributed by atoms with Crippen LogP contribution in [-0.4, -0.2) is 64.2 Å². The predicted molar refractivity (Wildman–Crippen MR) is 227 cm³/mol. The molecule has 0 saturated heterocycles. The number of benzene rings is 1. The van der Waals surface area contributed by atoms with Crippen LogP contribution in [0.2, 0.25) is 137 Å².